The molecule has 2 aromatic rings. The quantitative estimate of drug-likeness (QED) is 0.886. The third-order valence-electron chi connectivity index (χ3n) is 2.48. The summed E-state index contributed by atoms with van der Waals surface area (Å²) in [6, 6.07) is 3.07. The molecule has 0 saturated heterocycles. The van der Waals surface area contributed by atoms with Crippen molar-refractivity contribution in [3.63, 3.8) is 0 Å². The summed E-state index contributed by atoms with van der Waals surface area (Å²) < 4.78 is 30.9. The van der Waals surface area contributed by atoms with Crippen molar-refractivity contribution in [2.75, 3.05) is 0 Å². The van der Waals surface area contributed by atoms with E-state index in [0.717, 1.165) is 12.1 Å². The van der Waals surface area contributed by atoms with Gasteiger partial charge in [0.2, 0.25) is 5.91 Å². The van der Waals surface area contributed by atoms with Gasteiger partial charge in [-0.05, 0) is 17.7 Å². The number of carbonyl (C=O) groups excluding carboxylic acids is 1. The first kappa shape index (κ1) is 13.0. The van der Waals surface area contributed by atoms with Gasteiger partial charge in [0.1, 0.15) is 0 Å². The van der Waals surface area contributed by atoms with Crippen LogP contribution in [0.15, 0.2) is 27.5 Å². The summed E-state index contributed by atoms with van der Waals surface area (Å²) in [4.78, 5) is 22.4. The molecule has 7 heteroatoms. The molecule has 19 heavy (non-hydrogen) atoms. The van der Waals surface area contributed by atoms with Crippen LogP contribution in [-0.2, 0) is 11.3 Å². The molecule has 5 nitrogen and oxygen atoms in total. The lowest BCUT2D eigenvalue weighted by Crippen LogP contribution is -2.19. The van der Waals surface area contributed by atoms with Gasteiger partial charge in [-0.2, -0.15) is 5.16 Å². The number of carbonyl (C=O) groups is 1. The predicted octanol–water partition coefficient (Wildman–Crippen LogP) is 1.55. The summed E-state index contributed by atoms with van der Waals surface area (Å²) in [6.45, 7) is 1.28. The molecule has 1 aromatic carbocycles. The minimum atomic E-state index is -1.07. The second kappa shape index (κ2) is 5.05. The van der Waals surface area contributed by atoms with E-state index in [0.29, 0.717) is 0 Å². The lowest BCUT2D eigenvalue weighted by molar-refractivity contribution is -0.119. The van der Waals surface area contributed by atoms with Gasteiger partial charge in [0, 0.05) is 6.92 Å². The van der Waals surface area contributed by atoms with Crippen molar-refractivity contribution in [2.45, 2.75) is 13.5 Å². The molecule has 0 aliphatic rings. The van der Waals surface area contributed by atoms with Crippen molar-refractivity contribution in [1.82, 2.24) is 10.5 Å². The maximum absolute atomic E-state index is 13.2. The van der Waals surface area contributed by atoms with Crippen molar-refractivity contribution in [1.29, 1.82) is 0 Å². The Kier molecular flexibility index (Phi) is 3.46. The van der Waals surface area contributed by atoms with Crippen LogP contribution >= 0.6 is 0 Å². The molecular formula is C12H10F2N2O3. The summed E-state index contributed by atoms with van der Waals surface area (Å²) in [6.07, 6.45) is 0. The van der Waals surface area contributed by atoms with Gasteiger partial charge in [-0.1, -0.05) is 6.07 Å². The van der Waals surface area contributed by atoms with E-state index in [2.05, 4.69) is 10.5 Å². The number of benzene rings is 1. The van der Waals surface area contributed by atoms with E-state index in [-0.39, 0.29) is 29.3 Å². The van der Waals surface area contributed by atoms with Crippen LogP contribution in [0.3, 0.4) is 0 Å². The number of aromatic nitrogens is 1. The fourth-order valence-corrected chi connectivity index (χ4v) is 1.61. The SMILES string of the molecule is CC(=O)NCc1o[nH]c(=O)c1-c1ccc(F)c(F)c1. The Morgan fingerprint density at radius 1 is 1.37 bits per heavy atom. The van der Waals surface area contributed by atoms with Crippen LogP contribution in [0.1, 0.15) is 12.7 Å². The van der Waals surface area contributed by atoms with Crippen LogP contribution in [0, 0.1) is 11.6 Å². The zero-order valence-electron chi connectivity index (χ0n) is 9.92. The summed E-state index contributed by atoms with van der Waals surface area (Å²) in [5.41, 5.74) is -0.340. The highest BCUT2D eigenvalue weighted by Gasteiger charge is 2.16. The normalized spacial score (nSPS) is 10.5. The molecule has 2 N–H and O–H groups in total. The molecule has 0 bridgehead atoms. The number of aromatic amines is 1. The summed E-state index contributed by atoms with van der Waals surface area (Å²) in [5.74, 6) is -2.23. The van der Waals surface area contributed by atoms with Crippen molar-refractivity contribution in [3.05, 3.63) is 45.9 Å². The highest BCUT2D eigenvalue weighted by atomic mass is 19.2. The van der Waals surface area contributed by atoms with Crippen LogP contribution in [0.4, 0.5) is 8.78 Å². The molecule has 0 atom stereocenters. The maximum Gasteiger partial charge on any atom is 0.288 e. The van der Waals surface area contributed by atoms with Crippen LogP contribution < -0.4 is 10.9 Å². The number of rotatable bonds is 3. The third kappa shape index (κ3) is 2.70. The molecular weight excluding hydrogens is 258 g/mol. The Balaban J connectivity index is 2.43. The molecule has 0 saturated carbocycles. The van der Waals surface area contributed by atoms with E-state index in [1.165, 1.54) is 13.0 Å². The Hall–Kier alpha value is -2.44. The van der Waals surface area contributed by atoms with Gasteiger partial charge >= 0.3 is 0 Å². The monoisotopic (exact) mass is 268 g/mol. The lowest BCUT2D eigenvalue weighted by Gasteiger charge is -2.02. The summed E-state index contributed by atoms with van der Waals surface area (Å²) >= 11 is 0. The van der Waals surface area contributed by atoms with Gasteiger partial charge in [-0.15, -0.1) is 0 Å². The molecule has 0 aliphatic carbocycles. The fraction of sp³-hybridized carbons (Fsp3) is 0.167. The van der Waals surface area contributed by atoms with E-state index in [1.807, 2.05) is 0 Å². The number of amides is 1. The highest BCUT2D eigenvalue weighted by Crippen LogP contribution is 2.22. The van der Waals surface area contributed by atoms with E-state index < -0.39 is 17.2 Å². The van der Waals surface area contributed by atoms with Crippen LogP contribution in [0.2, 0.25) is 0 Å². The zero-order chi connectivity index (χ0) is 14.0. The predicted molar refractivity (Wildman–Crippen MR) is 62.2 cm³/mol. The molecule has 0 spiro atoms. The van der Waals surface area contributed by atoms with Gasteiger partial charge in [0.15, 0.2) is 17.4 Å². The van der Waals surface area contributed by atoms with Gasteiger partial charge < -0.3 is 9.84 Å². The smallest absolute Gasteiger partial charge is 0.288 e. The molecule has 2 rings (SSSR count). The first-order chi connectivity index (χ1) is 8.99. The van der Waals surface area contributed by atoms with Crippen LogP contribution in [0.5, 0.6) is 0 Å². The van der Waals surface area contributed by atoms with E-state index in [4.69, 9.17) is 4.52 Å². The first-order valence-corrected chi connectivity index (χ1v) is 5.39. The average Bonchev–Trinajstić information content (AvgIpc) is 2.71. The largest absolute Gasteiger partial charge is 0.381 e. The average molecular weight is 268 g/mol. The van der Waals surface area contributed by atoms with Gasteiger partial charge in [-0.25, -0.2) is 8.78 Å². The second-order valence-electron chi connectivity index (χ2n) is 3.87. The number of hydrogen-bond donors (Lipinski definition) is 2. The van der Waals surface area contributed by atoms with Crippen molar-refractivity contribution >= 4 is 5.91 Å². The number of halogens is 2. The summed E-state index contributed by atoms with van der Waals surface area (Å²) in [5, 5.41) is 4.55. The highest BCUT2D eigenvalue weighted by molar-refractivity contribution is 5.73. The minimum absolute atomic E-state index is 0.0254. The topological polar surface area (TPSA) is 75.1 Å². The first-order valence-electron chi connectivity index (χ1n) is 5.39. The Labute approximate surface area is 106 Å². The zero-order valence-corrected chi connectivity index (χ0v) is 9.92. The number of nitrogens with one attached hydrogen (secondary N) is 2. The van der Waals surface area contributed by atoms with Gasteiger partial charge in [0.05, 0.1) is 12.1 Å². The molecule has 1 amide bonds. The molecule has 0 radical (unpaired) electrons. The lowest BCUT2D eigenvalue weighted by atomic mass is 10.1. The molecule has 0 unspecified atom stereocenters. The van der Waals surface area contributed by atoms with Crippen LogP contribution in [-0.4, -0.2) is 11.1 Å². The van der Waals surface area contributed by atoms with Gasteiger partial charge in [0.25, 0.3) is 5.56 Å². The standard InChI is InChI=1S/C12H10F2N2O3/c1-6(17)15-5-10-11(12(18)16-19-10)7-2-3-8(13)9(14)4-7/h2-4H,5H2,1H3,(H,15,17)(H,16,18). The summed E-state index contributed by atoms with van der Waals surface area (Å²) in [7, 11) is 0. The Bertz CT molecular complexity index is 676. The van der Waals surface area contributed by atoms with Crippen molar-refractivity contribution in [2.24, 2.45) is 0 Å². The Morgan fingerprint density at radius 2 is 2.11 bits per heavy atom. The fourth-order valence-electron chi connectivity index (χ4n) is 1.61. The van der Waals surface area contributed by atoms with Gasteiger partial charge in [-0.3, -0.25) is 9.59 Å². The van der Waals surface area contributed by atoms with E-state index in [1.54, 1.807) is 0 Å². The minimum Gasteiger partial charge on any atom is -0.381 e. The maximum atomic E-state index is 13.2. The number of hydrogen-bond acceptors (Lipinski definition) is 3. The van der Waals surface area contributed by atoms with Crippen molar-refractivity contribution < 1.29 is 18.1 Å². The molecule has 1 heterocycles. The van der Waals surface area contributed by atoms with E-state index in [9.17, 15) is 18.4 Å². The number of H-pyrrole nitrogens is 1. The molecule has 0 aliphatic heterocycles. The Morgan fingerprint density at radius 3 is 2.74 bits per heavy atom. The van der Waals surface area contributed by atoms with E-state index >= 15 is 0 Å². The second-order valence-corrected chi connectivity index (χ2v) is 3.87. The molecule has 0 fully saturated rings. The van der Waals surface area contributed by atoms with Crippen molar-refractivity contribution in [3.8, 4) is 11.1 Å². The van der Waals surface area contributed by atoms with Crippen LogP contribution in [0.25, 0.3) is 11.1 Å². The molecule has 100 valence electrons. The third-order valence-corrected chi connectivity index (χ3v) is 2.48. The molecule has 1 aromatic heterocycles.